The Hall–Kier alpha value is -1.82. The third kappa shape index (κ3) is 3.60. The predicted octanol–water partition coefficient (Wildman–Crippen LogP) is 1.56. The lowest BCUT2D eigenvalue weighted by atomic mass is 10.1. The third-order valence-electron chi connectivity index (χ3n) is 3.36. The van der Waals surface area contributed by atoms with Crippen LogP contribution in [0.5, 0.6) is 0 Å². The lowest BCUT2D eigenvalue weighted by Crippen LogP contribution is -2.28. The van der Waals surface area contributed by atoms with Gasteiger partial charge in [0.15, 0.2) is 0 Å². The van der Waals surface area contributed by atoms with E-state index in [1.54, 1.807) is 25.8 Å². The van der Waals surface area contributed by atoms with E-state index in [4.69, 9.17) is 10.2 Å². The molecule has 0 aliphatic heterocycles. The summed E-state index contributed by atoms with van der Waals surface area (Å²) in [5.74, 6) is -1.23. The van der Waals surface area contributed by atoms with Crippen LogP contribution in [0.1, 0.15) is 51.4 Å². The smallest absolute Gasteiger partial charge is 0.352 e. The van der Waals surface area contributed by atoms with Gasteiger partial charge < -0.3 is 20.1 Å². The zero-order chi connectivity index (χ0) is 15.3. The first kappa shape index (κ1) is 16.2. The number of carbonyl (C=O) groups excluding carboxylic acids is 1. The van der Waals surface area contributed by atoms with Gasteiger partial charge in [-0.2, -0.15) is 0 Å². The maximum atomic E-state index is 12.3. The summed E-state index contributed by atoms with van der Waals surface area (Å²) in [6.07, 6.45) is 2.41. The molecule has 3 N–H and O–H groups in total. The van der Waals surface area contributed by atoms with Crippen LogP contribution in [0.4, 0.5) is 0 Å². The van der Waals surface area contributed by atoms with Crippen LogP contribution in [0.15, 0.2) is 0 Å². The number of hydrogen-bond donors (Lipinski definition) is 3. The highest BCUT2D eigenvalue weighted by atomic mass is 16.4. The number of aromatic carboxylic acids is 1. The molecule has 0 unspecified atom stereocenters. The molecule has 0 fully saturated rings. The van der Waals surface area contributed by atoms with E-state index >= 15 is 0 Å². The second-order valence-corrected chi connectivity index (χ2v) is 4.94. The Bertz CT molecular complexity index is 494. The van der Waals surface area contributed by atoms with E-state index < -0.39 is 5.97 Å². The minimum atomic E-state index is -1.06. The number of aliphatic hydroxyl groups excluding tert-OH is 1. The highest BCUT2D eigenvalue weighted by molar-refractivity contribution is 6.00. The van der Waals surface area contributed by atoms with Crippen molar-refractivity contribution in [2.24, 2.45) is 0 Å². The molecule has 1 heterocycles. The Balaban J connectivity index is 2.79. The van der Waals surface area contributed by atoms with Crippen LogP contribution >= 0.6 is 0 Å². The zero-order valence-electron chi connectivity index (χ0n) is 12.2. The lowest BCUT2D eigenvalue weighted by molar-refractivity contribution is 0.0690. The van der Waals surface area contributed by atoms with Crippen LogP contribution in [-0.2, 0) is 0 Å². The first-order valence-corrected chi connectivity index (χ1v) is 6.69. The molecule has 0 aromatic carbocycles. The number of unbranched alkanes of at least 4 members (excludes halogenated alkanes) is 2. The molecule has 1 rings (SSSR count). The Labute approximate surface area is 118 Å². The van der Waals surface area contributed by atoms with E-state index in [9.17, 15) is 9.59 Å². The van der Waals surface area contributed by atoms with Gasteiger partial charge in [-0.1, -0.05) is 0 Å². The number of aromatic amines is 1. The maximum absolute atomic E-state index is 12.3. The molecule has 20 heavy (non-hydrogen) atoms. The monoisotopic (exact) mass is 282 g/mol. The average molecular weight is 282 g/mol. The standard InChI is InChI=1S/C14H22N2O4/c1-9-11(10(2)15-12(9)14(19)20)13(18)16(3)7-5-4-6-8-17/h15,17H,4-8H2,1-3H3,(H,19,20). The zero-order valence-corrected chi connectivity index (χ0v) is 12.2. The molecular weight excluding hydrogens is 260 g/mol. The number of aromatic nitrogens is 1. The summed E-state index contributed by atoms with van der Waals surface area (Å²) in [4.78, 5) is 27.7. The molecule has 1 aromatic rings. The van der Waals surface area contributed by atoms with Crippen LogP contribution in [0.2, 0.25) is 0 Å². The number of aliphatic hydroxyl groups is 1. The van der Waals surface area contributed by atoms with E-state index in [1.807, 2.05) is 0 Å². The molecular formula is C14H22N2O4. The van der Waals surface area contributed by atoms with Gasteiger partial charge in [0.1, 0.15) is 5.69 Å². The van der Waals surface area contributed by atoms with Crippen LogP contribution < -0.4 is 0 Å². The number of rotatable bonds is 7. The minimum Gasteiger partial charge on any atom is -0.477 e. The van der Waals surface area contributed by atoms with Crippen LogP contribution in [0, 0.1) is 13.8 Å². The van der Waals surface area contributed by atoms with Crippen molar-refractivity contribution in [2.75, 3.05) is 20.2 Å². The molecule has 0 aliphatic carbocycles. The summed E-state index contributed by atoms with van der Waals surface area (Å²) >= 11 is 0. The van der Waals surface area contributed by atoms with Gasteiger partial charge in [-0.25, -0.2) is 4.79 Å². The molecule has 0 radical (unpaired) electrons. The van der Waals surface area contributed by atoms with Crippen LogP contribution in [0.3, 0.4) is 0 Å². The molecule has 6 nitrogen and oxygen atoms in total. The Morgan fingerprint density at radius 3 is 2.35 bits per heavy atom. The highest BCUT2D eigenvalue weighted by Gasteiger charge is 2.23. The van der Waals surface area contributed by atoms with Gasteiger partial charge in [0, 0.05) is 25.9 Å². The predicted molar refractivity (Wildman–Crippen MR) is 75.1 cm³/mol. The molecule has 1 aromatic heterocycles. The van der Waals surface area contributed by atoms with Gasteiger partial charge in [0.2, 0.25) is 0 Å². The van der Waals surface area contributed by atoms with Gasteiger partial charge in [0.25, 0.3) is 5.91 Å². The minimum absolute atomic E-state index is 0.0690. The molecule has 0 saturated heterocycles. The fraction of sp³-hybridized carbons (Fsp3) is 0.571. The Morgan fingerprint density at radius 1 is 1.20 bits per heavy atom. The number of nitrogens with one attached hydrogen (secondary N) is 1. The summed E-state index contributed by atoms with van der Waals surface area (Å²) in [7, 11) is 1.70. The SMILES string of the molecule is Cc1[nH]c(C(=O)O)c(C)c1C(=O)N(C)CCCCCO. The quantitative estimate of drug-likeness (QED) is 0.662. The van der Waals surface area contributed by atoms with Crippen molar-refractivity contribution in [1.29, 1.82) is 0 Å². The molecule has 0 atom stereocenters. The Kier molecular flexibility index (Phi) is 5.76. The molecule has 6 heteroatoms. The number of carboxylic acid groups (broad SMARTS) is 1. The third-order valence-corrected chi connectivity index (χ3v) is 3.36. The summed E-state index contributed by atoms with van der Waals surface area (Å²) in [6, 6.07) is 0. The number of aryl methyl sites for hydroxylation is 1. The van der Waals surface area contributed by atoms with Crippen molar-refractivity contribution < 1.29 is 19.8 Å². The number of nitrogens with zero attached hydrogens (tertiary/aromatic N) is 1. The van der Waals surface area contributed by atoms with E-state index in [0.29, 0.717) is 23.4 Å². The van der Waals surface area contributed by atoms with E-state index in [1.165, 1.54) is 0 Å². The van der Waals surface area contributed by atoms with Crippen LogP contribution in [-0.4, -0.2) is 52.2 Å². The number of H-pyrrole nitrogens is 1. The number of amides is 1. The molecule has 1 amide bonds. The normalized spacial score (nSPS) is 10.6. The molecule has 0 spiro atoms. The summed E-state index contributed by atoms with van der Waals surface area (Å²) in [5.41, 5.74) is 1.56. The highest BCUT2D eigenvalue weighted by Crippen LogP contribution is 2.19. The van der Waals surface area contributed by atoms with Crippen molar-refractivity contribution in [2.45, 2.75) is 33.1 Å². The Morgan fingerprint density at radius 2 is 1.85 bits per heavy atom. The second kappa shape index (κ2) is 7.09. The first-order chi connectivity index (χ1) is 9.40. The molecule has 0 saturated carbocycles. The fourth-order valence-electron chi connectivity index (χ4n) is 2.21. The topological polar surface area (TPSA) is 93.6 Å². The largest absolute Gasteiger partial charge is 0.477 e. The van der Waals surface area contributed by atoms with Gasteiger partial charge >= 0.3 is 5.97 Å². The van der Waals surface area contributed by atoms with Gasteiger partial charge in [-0.3, -0.25) is 4.79 Å². The van der Waals surface area contributed by atoms with Gasteiger partial charge in [-0.15, -0.1) is 0 Å². The summed E-state index contributed by atoms with van der Waals surface area (Å²) < 4.78 is 0. The van der Waals surface area contributed by atoms with E-state index in [-0.39, 0.29) is 18.2 Å². The van der Waals surface area contributed by atoms with Crippen molar-refractivity contribution in [1.82, 2.24) is 9.88 Å². The first-order valence-electron chi connectivity index (χ1n) is 6.69. The average Bonchev–Trinajstić information content (AvgIpc) is 2.69. The summed E-state index contributed by atoms with van der Waals surface area (Å²) in [6.45, 7) is 4.09. The molecule has 0 aliphatic rings. The number of hydrogen-bond acceptors (Lipinski definition) is 3. The van der Waals surface area contributed by atoms with Gasteiger partial charge in [-0.05, 0) is 38.7 Å². The van der Waals surface area contributed by atoms with Crippen LogP contribution in [0.25, 0.3) is 0 Å². The molecule has 0 bridgehead atoms. The van der Waals surface area contributed by atoms with Crippen molar-refractivity contribution in [3.63, 3.8) is 0 Å². The second-order valence-electron chi connectivity index (χ2n) is 4.94. The number of carbonyl (C=O) groups is 2. The summed E-state index contributed by atoms with van der Waals surface area (Å²) in [5, 5.41) is 17.8. The molecule has 112 valence electrons. The van der Waals surface area contributed by atoms with Crippen molar-refractivity contribution in [3.05, 3.63) is 22.5 Å². The maximum Gasteiger partial charge on any atom is 0.352 e. The van der Waals surface area contributed by atoms with E-state index in [2.05, 4.69) is 4.98 Å². The van der Waals surface area contributed by atoms with Gasteiger partial charge in [0.05, 0.1) is 5.56 Å². The lowest BCUT2D eigenvalue weighted by Gasteiger charge is -2.17. The van der Waals surface area contributed by atoms with Crippen molar-refractivity contribution >= 4 is 11.9 Å². The van der Waals surface area contributed by atoms with E-state index in [0.717, 1.165) is 19.3 Å². The number of carboxylic acids is 1. The fourth-order valence-corrected chi connectivity index (χ4v) is 2.21. The van der Waals surface area contributed by atoms with Crippen molar-refractivity contribution in [3.8, 4) is 0 Å².